The van der Waals surface area contributed by atoms with Crippen LogP contribution in [0.3, 0.4) is 0 Å². The summed E-state index contributed by atoms with van der Waals surface area (Å²) in [6.07, 6.45) is 0.430. The SMILES string of the molecule is Cc1ccc(-n2nccn2)c(C(=O)N2[C@@H]3C[C@@H](C[C@@H]3Oc3ccc(C(F)(F)F)cn3)[C@@H]2C)n1. The molecule has 1 aliphatic heterocycles. The summed E-state index contributed by atoms with van der Waals surface area (Å²) in [6.45, 7) is 3.80. The lowest BCUT2D eigenvalue weighted by atomic mass is 9.98. The Balaban J connectivity index is 1.40. The number of likely N-dealkylation sites (tertiary alicyclic amines) is 1. The topological polar surface area (TPSA) is 86.0 Å². The fourth-order valence-electron chi connectivity index (χ4n) is 4.79. The van der Waals surface area contributed by atoms with Gasteiger partial charge < -0.3 is 9.64 Å². The van der Waals surface area contributed by atoms with E-state index in [0.717, 1.165) is 18.7 Å². The zero-order chi connectivity index (χ0) is 23.3. The van der Waals surface area contributed by atoms with Gasteiger partial charge in [0, 0.05) is 24.0 Å². The number of rotatable bonds is 4. The third kappa shape index (κ3) is 3.81. The van der Waals surface area contributed by atoms with Crippen LogP contribution in [0, 0.1) is 12.8 Å². The van der Waals surface area contributed by atoms with Crippen LogP contribution in [0.15, 0.2) is 42.9 Å². The molecule has 5 rings (SSSR count). The third-order valence-electron chi connectivity index (χ3n) is 6.41. The van der Waals surface area contributed by atoms with Crippen LogP contribution in [0.4, 0.5) is 13.2 Å². The Morgan fingerprint density at radius 3 is 2.52 bits per heavy atom. The molecule has 11 heteroatoms. The molecule has 8 nitrogen and oxygen atoms in total. The lowest BCUT2D eigenvalue weighted by Gasteiger charge is -2.37. The molecule has 0 spiro atoms. The van der Waals surface area contributed by atoms with Crippen LogP contribution in [0.25, 0.3) is 5.69 Å². The van der Waals surface area contributed by atoms with Gasteiger partial charge in [-0.25, -0.2) is 9.97 Å². The third-order valence-corrected chi connectivity index (χ3v) is 6.41. The van der Waals surface area contributed by atoms with Crippen molar-refractivity contribution in [2.45, 2.75) is 51.1 Å². The molecule has 4 atom stereocenters. The summed E-state index contributed by atoms with van der Waals surface area (Å²) < 4.78 is 44.4. The molecule has 1 saturated carbocycles. The van der Waals surface area contributed by atoms with Crippen LogP contribution < -0.4 is 4.74 Å². The van der Waals surface area contributed by atoms with Gasteiger partial charge >= 0.3 is 6.18 Å². The first-order chi connectivity index (χ1) is 15.7. The minimum Gasteiger partial charge on any atom is -0.472 e. The number of hydrogen-bond acceptors (Lipinski definition) is 6. The van der Waals surface area contributed by atoms with Gasteiger partial charge in [-0.15, -0.1) is 4.80 Å². The lowest BCUT2D eigenvalue weighted by Crippen LogP contribution is -2.51. The minimum atomic E-state index is -4.46. The second-order valence-corrected chi connectivity index (χ2v) is 8.43. The van der Waals surface area contributed by atoms with Crippen molar-refractivity contribution in [1.82, 2.24) is 29.9 Å². The number of halogens is 3. The van der Waals surface area contributed by atoms with Crippen LogP contribution in [0.1, 0.15) is 41.5 Å². The fraction of sp³-hybridized carbons (Fsp3) is 0.409. The number of carbonyl (C=O) groups excluding carboxylic acids is 1. The summed E-state index contributed by atoms with van der Waals surface area (Å²) in [5, 5.41) is 8.26. The Morgan fingerprint density at radius 2 is 1.88 bits per heavy atom. The van der Waals surface area contributed by atoms with Crippen LogP contribution in [-0.4, -0.2) is 54.0 Å². The number of piperidine rings is 1. The molecule has 0 radical (unpaired) electrons. The van der Waals surface area contributed by atoms with Gasteiger partial charge in [0.1, 0.15) is 11.8 Å². The van der Waals surface area contributed by atoms with E-state index in [4.69, 9.17) is 4.74 Å². The Kier molecular flexibility index (Phi) is 5.06. The number of fused-ring (bicyclic) bond motifs is 2. The highest BCUT2D eigenvalue weighted by Crippen LogP contribution is 2.44. The summed E-state index contributed by atoms with van der Waals surface area (Å²) in [7, 11) is 0. The van der Waals surface area contributed by atoms with E-state index in [9.17, 15) is 18.0 Å². The van der Waals surface area contributed by atoms with Gasteiger partial charge in [0.2, 0.25) is 5.88 Å². The molecule has 3 aromatic rings. The van der Waals surface area contributed by atoms with E-state index >= 15 is 0 Å². The number of aryl methyl sites for hydroxylation is 1. The number of alkyl halides is 3. The maximum absolute atomic E-state index is 13.7. The molecule has 2 aliphatic rings. The van der Waals surface area contributed by atoms with Crippen molar-refractivity contribution in [2.75, 3.05) is 0 Å². The van der Waals surface area contributed by atoms with Gasteiger partial charge in [-0.2, -0.15) is 23.4 Å². The summed E-state index contributed by atoms with van der Waals surface area (Å²) in [4.78, 5) is 25.1. The first kappa shape index (κ1) is 21.4. The van der Waals surface area contributed by atoms with Crippen molar-refractivity contribution in [2.24, 2.45) is 5.92 Å². The largest absolute Gasteiger partial charge is 0.472 e. The van der Waals surface area contributed by atoms with Crippen LogP contribution in [0.5, 0.6) is 5.88 Å². The second kappa shape index (κ2) is 7.82. The predicted molar refractivity (Wildman–Crippen MR) is 110 cm³/mol. The van der Waals surface area contributed by atoms with Crippen molar-refractivity contribution < 1.29 is 22.7 Å². The van der Waals surface area contributed by atoms with E-state index < -0.39 is 11.7 Å². The zero-order valence-electron chi connectivity index (χ0n) is 17.9. The number of hydrogen-bond donors (Lipinski definition) is 0. The van der Waals surface area contributed by atoms with Crippen molar-refractivity contribution in [3.63, 3.8) is 0 Å². The average Bonchev–Trinajstić information content (AvgIpc) is 3.50. The van der Waals surface area contributed by atoms with Gasteiger partial charge in [0.25, 0.3) is 5.91 Å². The molecule has 3 aromatic heterocycles. The first-order valence-corrected chi connectivity index (χ1v) is 10.6. The standard InChI is InChI=1S/C22H21F3N6O2/c1-12-3-5-16(31-27-7-8-28-31)20(29-12)21(32)30-13(2)14-9-17(30)18(10-14)33-19-6-4-15(11-26-19)22(23,24)25/h3-8,11,13-14,17-18H,9-10H2,1-2H3/t13-,14-,17+,18-/m0/s1. The highest BCUT2D eigenvalue weighted by molar-refractivity contribution is 5.96. The van der Waals surface area contributed by atoms with E-state index in [1.54, 1.807) is 24.0 Å². The Hall–Kier alpha value is -3.50. The van der Waals surface area contributed by atoms with Gasteiger partial charge in [0.05, 0.1) is 24.0 Å². The highest BCUT2D eigenvalue weighted by atomic mass is 19.4. The first-order valence-electron chi connectivity index (χ1n) is 10.6. The molecular formula is C22H21F3N6O2. The number of pyridine rings is 2. The van der Waals surface area contributed by atoms with E-state index in [1.165, 1.54) is 23.3 Å². The smallest absolute Gasteiger partial charge is 0.417 e. The molecule has 33 heavy (non-hydrogen) atoms. The number of amides is 1. The molecule has 4 heterocycles. The number of nitrogens with zero attached hydrogens (tertiary/aromatic N) is 6. The van der Waals surface area contributed by atoms with Crippen LogP contribution in [-0.2, 0) is 6.18 Å². The molecule has 1 saturated heterocycles. The fourth-order valence-corrected chi connectivity index (χ4v) is 4.79. The van der Waals surface area contributed by atoms with E-state index in [-0.39, 0.29) is 41.6 Å². The molecule has 172 valence electrons. The summed E-state index contributed by atoms with van der Waals surface area (Å²) in [5.41, 5.74) is 0.580. The maximum Gasteiger partial charge on any atom is 0.417 e. The molecule has 2 fully saturated rings. The Labute approximate surface area is 187 Å². The van der Waals surface area contributed by atoms with Crippen molar-refractivity contribution in [1.29, 1.82) is 0 Å². The summed E-state index contributed by atoms with van der Waals surface area (Å²) in [5.74, 6) is 0.0740. The summed E-state index contributed by atoms with van der Waals surface area (Å²) >= 11 is 0. The zero-order valence-corrected chi connectivity index (χ0v) is 17.9. The second-order valence-electron chi connectivity index (χ2n) is 8.43. The molecule has 2 bridgehead atoms. The average molecular weight is 458 g/mol. The van der Waals surface area contributed by atoms with Gasteiger partial charge in [0.15, 0.2) is 5.69 Å². The Morgan fingerprint density at radius 1 is 1.12 bits per heavy atom. The number of aromatic nitrogens is 5. The quantitative estimate of drug-likeness (QED) is 0.595. The van der Waals surface area contributed by atoms with E-state index in [0.29, 0.717) is 17.8 Å². The summed E-state index contributed by atoms with van der Waals surface area (Å²) in [6, 6.07) is 5.45. The van der Waals surface area contributed by atoms with Crippen molar-refractivity contribution in [3.8, 4) is 11.6 Å². The van der Waals surface area contributed by atoms with Crippen LogP contribution >= 0.6 is 0 Å². The molecule has 1 amide bonds. The lowest BCUT2D eigenvalue weighted by molar-refractivity contribution is -0.137. The van der Waals surface area contributed by atoms with Gasteiger partial charge in [-0.1, -0.05) is 0 Å². The van der Waals surface area contributed by atoms with E-state index in [1.807, 2.05) is 6.92 Å². The minimum absolute atomic E-state index is 0.0244. The normalized spacial score (nSPS) is 24.3. The molecule has 0 N–H and O–H groups in total. The van der Waals surface area contributed by atoms with Gasteiger partial charge in [-0.3, -0.25) is 4.79 Å². The van der Waals surface area contributed by atoms with Crippen molar-refractivity contribution >= 4 is 5.91 Å². The maximum atomic E-state index is 13.7. The highest BCUT2D eigenvalue weighted by Gasteiger charge is 2.53. The number of carbonyl (C=O) groups is 1. The molecule has 0 unspecified atom stereocenters. The molecular weight excluding hydrogens is 437 g/mol. The van der Waals surface area contributed by atoms with Crippen LogP contribution in [0.2, 0.25) is 0 Å². The Bertz CT molecular complexity index is 1170. The monoisotopic (exact) mass is 458 g/mol. The van der Waals surface area contributed by atoms with E-state index in [2.05, 4.69) is 20.2 Å². The van der Waals surface area contributed by atoms with Gasteiger partial charge in [-0.05, 0) is 50.8 Å². The predicted octanol–water partition coefficient (Wildman–Crippen LogP) is 3.46. The molecule has 1 aliphatic carbocycles. The number of ether oxygens (including phenoxy) is 1. The molecule has 0 aromatic carbocycles. The van der Waals surface area contributed by atoms with Crippen molar-refractivity contribution in [3.05, 3.63) is 59.8 Å².